The van der Waals surface area contributed by atoms with E-state index in [2.05, 4.69) is 21.6 Å². The van der Waals surface area contributed by atoms with Gasteiger partial charge in [-0.25, -0.2) is 0 Å². The number of aliphatic hydroxyl groups is 1. The molecule has 0 saturated heterocycles. The van der Waals surface area contributed by atoms with Gasteiger partial charge in [0.1, 0.15) is 0 Å². The summed E-state index contributed by atoms with van der Waals surface area (Å²) < 4.78 is 5.30. The van der Waals surface area contributed by atoms with Crippen LogP contribution in [0.5, 0.6) is 0 Å². The minimum atomic E-state index is -0.207. The van der Waals surface area contributed by atoms with Gasteiger partial charge in [-0.05, 0) is 30.2 Å². The van der Waals surface area contributed by atoms with Crippen molar-refractivity contribution in [3.8, 4) is 0 Å². The fraction of sp³-hybridized carbons (Fsp3) is 0.571. The van der Waals surface area contributed by atoms with Crippen LogP contribution in [-0.2, 0) is 12.8 Å². The first-order valence-corrected chi connectivity index (χ1v) is 7.71. The number of thiophene rings is 1. The number of hydrogen-bond acceptors (Lipinski definition) is 5. The first kappa shape index (κ1) is 12.8. The van der Waals surface area contributed by atoms with E-state index in [0.29, 0.717) is 12.3 Å². The normalized spacial score (nSPS) is 23.6. The van der Waals surface area contributed by atoms with Gasteiger partial charge in [-0.2, -0.15) is 4.98 Å². The topological polar surface area (TPSA) is 59.2 Å². The molecule has 1 aliphatic rings. The van der Waals surface area contributed by atoms with Crippen molar-refractivity contribution in [2.75, 3.05) is 0 Å². The van der Waals surface area contributed by atoms with Crippen LogP contribution in [0.2, 0.25) is 0 Å². The minimum absolute atomic E-state index is 0.207. The molecule has 0 amide bonds. The smallest absolute Gasteiger partial charge is 0.227 e. The Kier molecular flexibility index (Phi) is 3.94. The summed E-state index contributed by atoms with van der Waals surface area (Å²) in [6.07, 6.45) is 5.52. The number of rotatable bonds is 4. The Morgan fingerprint density at radius 1 is 1.37 bits per heavy atom. The average Bonchev–Trinajstić information content (AvgIpc) is 3.05. The quantitative estimate of drug-likeness (QED) is 0.934. The summed E-state index contributed by atoms with van der Waals surface area (Å²) in [5, 5.41) is 16.0. The second kappa shape index (κ2) is 5.84. The van der Waals surface area contributed by atoms with Crippen LogP contribution in [0, 0.1) is 5.92 Å². The van der Waals surface area contributed by atoms with Crippen molar-refractivity contribution in [1.82, 2.24) is 10.1 Å². The average molecular weight is 278 g/mol. The molecule has 0 radical (unpaired) electrons. The molecule has 102 valence electrons. The van der Waals surface area contributed by atoms with Crippen molar-refractivity contribution >= 4 is 11.3 Å². The van der Waals surface area contributed by atoms with Gasteiger partial charge in [0.05, 0.1) is 6.10 Å². The lowest BCUT2D eigenvalue weighted by molar-refractivity contribution is 0.0657. The van der Waals surface area contributed by atoms with E-state index in [1.807, 2.05) is 6.07 Å². The standard InChI is InChI=1S/C14H18N2O2S/c17-12-6-2-1-4-10(12)8-14-15-13(16-18-14)9-11-5-3-7-19-11/h3,5,7,10,12,17H,1-2,4,6,8-9H2. The molecule has 5 heteroatoms. The van der Waals surface area contributed by atoms with Crippen molar-refractivity contribution in [2.45, 2.75) is 44.6 Å². The van der Waals surface area contributed by atoms with E-state index in [-0.39, 0.29) is 12.0 Å². The van der Waals surface area contributed by atoms with Crippen molar-refractivity contribution in [3.05, 3.63) is 34.1 Å². The third-order valence-corrected chi connectivity index (χ3v) is 4.60. The van der Waals surface area contributed by atoms with Gasteiger partial charge in [-0.1, -0.05) is 24.1 Å². The van der Waals surface area contributed by atoms with Crippen LogP contribution in [0.25, 0.3) is 0 Å². The van der Waals surface area contributed by atoms with Gasteiger partial charge >= 0.3 is 0 Å². The van der Waals surface area contributed by atoms with Crippen LogP contribution in [0.3, 0.4) is 0 Å². The number of nitrogens with zero attached hydrogens (tertiary/aromatic N) is 2. The maximum absolute atomic E-state index is 9.96. The molecular weight excluding hydrogens is 260 g/mol. The fourth-order valence-electron chi connectivity index (χ4n) is 2.66. The highest BCUT2D eigenvalue weighted by molar-refractivity contribution is 7.09. The van der Waals surface area contributed by atoms with Crippen molar-refractivity contribution in [2.24, 2.45) is 5.92 Å². The molecule has 0 aromatic carbocycles. The van der Waals surface area contributed by atoms with Gasteiger partial charge in [0.2, 0.25) is 5.89 Å². The lowest BCUT2D eigenvalue weighted by Gasteiger charge is -2.26. The largest absolute Gasteiger partial charge is 0.393 e. The lowest BCUT2D eigenvalue weighted by Crippen LogP contribution is -2.26. The van der Waals surface area contributed by atoms with E-state index in [1.165, 1.54) is 11.3 Å². The van der Waals surface area contributed by atoms with Crippen LogP contribution in [0.15, 0.2) is 22.0 Å². The summed E-state index contributed by atoms with van der Waals surface area (Å²) in [7, 11) is 0. The Morgan fingerprint density at radius 2 is 2.26 bits per heavy atom. The second-order valence-corrected chi connectivity index (χ2v) is 6.21. The summed E-state index contributed by atoms with van der Waals surface area (Å²) in [5.41, 5.74) is 0. The first-order chi connectivity index (χ1) is 9.31. The summed E-state index contributed by atoms with van der Waals surface area (Å²) in [4.78, 5) is 5.67. The molecule has 0 bridgehead atoms. The maximum Gasteiger partial charge on any atom is 0.227 e. The van der Waals surface area contributed by atoms with Gasteiger partial charge in [0, 0.05) is 17.7 Å². The van der Waals surface area contributed by atoms with Crippen molar-refractivity contribution in [1.29, 1.82) is 0 Å². The summed E-state index contributed by atoms with van der Waals surface area (Å²) >= 11 is 1.70. The zero-order chi connectivity index (χ0) is 13.1. The lowest BCUT2D eigenvalue weighted by atomic mass is 9.84. The monoisotopic (exact) mass is 278 g/mol. The van der Waals surface area contributed by atoms with E-state index < -0.39 is 0 Å². The minimum Gasteiger partial charge on any atom is -0.393 e. The zero-order valence-electron chi connectivity index (χ0n) is 10.8. The van der Waals surface area contributed by atoms with Crippen LogP contribution in [0.1, 0.15) is 42.3 Å². The molecule has 2 aromatic rings. The first-order valence-electron chi connectivity index (χ1n) is 6.83. The Balaban J connectivity index is 1.61. The van der Waals surface area contributed by atoms with E-state index in [1.54, 1.807) is 11.3 Å². The molecule has 1 N–H and O–H groups in total. The molecule has 2 unspecified atom stereocenters. The molecular formula is C14H18N2O2S. The van der Waals surface area contributed by atoms with E-state index in [9.17, 15) is 5.11 Å². The second-order valence-electron chi connectivity index (χ2n) is 5.18. The van der Waals surface area contributed by atoms with Gasteiger partial charge < -0.3 is 9.63 Å². The van der Waals surface area contributed by atoms with Gasteiger partial charge in [-0.3, -0.25) is 0 Å². The Hall–Kier alpha value is -1.20. The Bertz CT molecular complexity index is 509. The van der Waals surface area contributed by atoms with Gasteiger partial charge in [-0.15, -0.1) is 11.3 Å². The molecule has 0 aliphatic heterocycles. The predicted octanol–water partition coefficient (Wildman–Crippen LogP) is 2.82. The van der Waals surface area contributed by atoms with Gasteiger partial charge in [0.15, 0.2) is 5.82 Å². The van der Waals surface area contributed by atoms with E-state index in [0.717, 1.165) is 31.5 Å². The SMILES string of the molecule is OC1CCCCC1Cc1nc(Cc2cccs2)no1. The highest BCUT2D eigenvalue weighted by Gasteiger charge is 2.25. The fourth-order valence-corrected chi connectivity index (χ4v) is 3.37. The highest BCUT2D eigenvalue weighted by Crippen LogP contribution is 2.27. The van der Waals surface area contributed by atoms with E-state index in [4.69, 9.17) is 4.52 Å². The van der Waals surface area contributed by atoms with Gasteiger partial charge in [0.25, 0.3) is 0 Å². The molecule has 2 heterocycles. The summed E-state index contributed by atoms with van der Waals surface area (Å²) in [5.74, 6) is 1.68. The molecule has 1 aliphatic carbocycles. The maximum atomic E-state index is 9.96. The predicted molar refractivity (Wildman–Crippen MR) is 73.1 cm³/mol. The third-order valence-electron chi connectivity index (χ3n) is 3.73. The number of hydrogen-bond donors (Lipinski definition) is 1. The zero-order valence-corrected chi connectivity index (χ0v) is 11.6. The van der Waals surface area contributed by atoms with Crippen LogP contribution in [0.4, 0.5) is 0 Å². The molecule has 4 nitrogen and oxygen atoms in total. The molecule has 1 saturated carbocycles. The summed E-state index contributed by atoms with van der Waals surface area (Å²) in [6.45, 7) is 0. The third kappa shape index (κ3) is 3.22. The van der Waals surface area contributed by atoms with E-state index >= 15 is 0 Å². The number of aliphatic hydroxyl groups excluding tert-OH is 1. The molecule has 3 rings (SSSR count). The van der Waals surface area contributed by atoms with Crippen LogP contribution >= 0.6 is 11.3 Å². The Morgan fingerprint density at radius 3 is 3.05 bits per heavy atom. The number of aromatic nitrogens is 2. The van der Waals surface area contributed by atoms with Crippen molar-refractivity contribution in [3.63, 3.8) is 0 Å². The van der Waals surface area contributed by atoms with Crippen LogP contribution < -0.4 is 0 Å². The Labute approximate surface area is 116 Å². The molecule has 19 heavy (non-hydrogen) atoms. The van der Waals surface area contributed by atoms with Crippen molar-refractivity contribution < 1.29 is 9.63 Å². The summed E-state index contributed by atoms with van der Waals surface area (Å²) in [6, 6.07) is 4.10. The molecule has 1 fully saturated rings. The molecule has 0 spiro atoms. The molecule has 2 atom stereocenters. The highest BCUT2D eigenvalue weighted by atomic mass is 32.1. The molecule has 2 aromatic heterocycles. The van der Waals surface area contributed by atoms with Crippen LogP contribution in [-0.4, -0.2) is 21.4 Å².